The average Bonchev–Trinajstić information content (AvgIpc) is 3.21. The van der Waals surface area contributed by atoms with Gasteiger partial charge in [-0.05, 0) is 38.1 Å². The van der Waals surface area contributed by atoms with E-state index in [9.17, 15) is 29.4 Å². The number of carboxylic acids is 2. The van der Waals surface area contributed by atoms with Gasteiger partial charge in [0.2, 0.25) is 6.10 Å². The van der Waals surface area contributed by atoms with Gasteiger partial charge in [-0.15, -0.1) is 0 Å². The lowest BCUT2D eigenvalue weighted by atomic mass is 9.50. The van der Waals surface area contributed by atoms with Crippen LogP contribution in [0.15, 0.2) is 24.0 Å². The van der Waals surface area contributed by atoms with Crippen LogP contribution >= 0.6 is 0 Å². The number of carbonyl (C=O) groups excluding carboxylic acids is 2. The molecule has 0 radical (unpaired) electrons. The van der Waals surface area contributed by atoms with Gasteiger partial charge >= 0.3 is 23.9 Å². The summed E-state index contributed by atoms with van der Waals surface area (Å²) >= 11 is 0. The molecule has 204 valence electrons. The Morgan fingerprint density at radius 2 is 1.92 bits per heavy atom. The Bertz CT molecular complexity index is 1240. The number of carbonyl (C=O) groups is 4. The van der Waals surface area contributed by atoms with Crippen molar-refractivity contribution in [2.75, 3.05) is 13.6 Å². The number of aliphatic carboxylic acids is 2. The number of aliphatic hydroxyl groups excluding tert-OH is 1. The minimum absolute atomic E-state index is 0.183. The fraction of sp³-hybridized carbons (Fsp3) is 0.538. The number of aliphatic hydroxyl groups is 2. The molecule has 0 aromatic heterocycles. The van der Waals surface area contributed by atoms with Crippen molar-refractivity contribution in [3.05, 3.63) is 40.7 Å². The van der Waals surface area contributed by atoms with Crippen LogP contribution in [-0.4, -0.2) is 86.6 Å². The molecule has 12 heteroatoms. The van der Waals surface area contributed by atoms with Crippen LogP contribution in [0, 0.1) is 0 Å². The second-order valence-electron chi connectivity index (χ2n) is 10.3. The first-order valence-corrected chi connectivity index (χ1v) is 12.4. The van der Waals surface area contributed by atoms with E-state index in [4.69, 9.17) is 19.7 Å². The maximum Gasteiger partial charge on any atom is 0.345 e. The molecule has 2 aliphatic carbocycles. The number of ether oxygens (including phenoxy) is 3. The summed E-state index contributed by atoms with van der Waals surface area (Å²) in [5.74, 6) is -4.18. The summed E-state index contributed by atoms with van der Waals surface area (Å²) < 4.78 is 16.7. The van der Waals surface area contributed by atoms with Gasteiger partial charge < -0.3 is 39.5 Å². The highest BCUT2D eigenvalue weighted by Crippen LogP contribution is 2.64. The fourth-order valence-corrected chi connectivity index (χ4v) is 6.57. The largest absolute Gasteiger partial charge is 0.481 e. The molecular weight excluding hydrogens is 502 g/mol. The van der Waals surface area contributed by atoms with Crippen molar-refractivity contribution in [2.45, 2.75) is 74.4 Å². The minimum atomic E-state index is -1.86. The molecule has 1 aromatic carbocycles. The van der Waals surface area contributed by atoms with E-state index >= 15 is 0 Å². The van der Waals surface area contributed by atoms with E-state index in [0.29, 0.717) is 30.7 Å². The van der Waals surface area contributed by atoms with Crippen molar-refractivity contribution in [3.8, 4) is 5.75 Å². The number of piperidine rings is 1. The standard InChI is InChI=1S/C26H29NO11/c1-27-9-8-25-21-13-2-3-14(12-28)22(21)38-23(25)15(6-7-26(25,35)17(27)10-13)36-19(31)4-5-20(32)37-16(24(33)34)11-18(29)30/h2-3,6,16-17,23,28,35H,4-5,7-12H2,1H3,(H,29,30)(H,33,34)/t16-,17-,23?,25?,26-/m1/s1. The molecule has 2 bridgehead atoms. The predicted octanol–water partition coefficient (Wildman–Crippen LogP) is 0.251. The second-order valence-corrected chi connectivity index (χ2v) is 10.3. The molecule has 1 spiro atoms. The lowest BCUT2D eigenvalue weighted by Crippen LogP contribution is -2.74. The number of rotatable bonds is 9. The van der Waals surface area contributed by atoms with Crippen molar-refractivity contribution < 1.29 is 53.8 Å². The quantitative estimate of drug-likeness (QED) is 0.320. The molecule has 0 amide bonds. The van der Waals surface area contributed by atoms with E-state index in [1.165, 1.54) is 0 Å². The molecule has 2 unspecified atom stereocenters. The number of hydrogen-bond donors (Lipinski definition) is 4. The number of nitrogens with zero attached hydrogens (tertiary/aromatic N) is 1. The van der Waals surface area contributed by atoms with Crippen molar-refractivity contribution in [3.63, 3.8) is 0 Å². The van der Waals surface area contributed by atoms with Crippen molar-refractivity contribution in [2.24, 2.45) is 0 Å². The first-order valence-electron chi connectivity index (χ1n) is 12.4. The van der Waals surface area contributed by atoms with Crippen LogP contribution in [0.4, 0.5) is 0 Å². The Labute approximate surface area is 217 Å². The van der Waals surface area contributed by atoms with E-state index in [-0.39, 0.29) is 24.8 Å². The van der Waals surface area contributed by atoms with Crippen LogP contribution in [0.3, 0.4) is 0 Å². The van der Waals surface area contributed by atoms with E-state index < -0.39 is 66.4 Å². The zero-order valence-electron chi connectivity index (χ0n) is 20.7. The van der Waals surface area contributed by atoms with Gasteiger partial charge in [-0.1, -0.05) is 12.1 Å². The first-order chi connectivity index (χ1) is 18.0. The number of carboxylic acid groups (broad SMARTS) is 2. The normalized spacial score (nSPS) is 29.4. The monoisotopic (exact) mass is 531 g/mol. The van der Waals surface area contributed by atoms with E-state index in [1.807, 2.05) is 13.1 Å². The SMILES string of the molecule is CN1CCC23c4c5ccc(CO)c4OC2C(OC(=O)CCC(=O)O[C@H](CC(=O)O)C(=O)O)=CC[C@@]3(O)[C@H]1C5. The van der Waals surface area contributed by atoms with Crippen LogP contribution in [0.25, 0.3) is 0 Å². The van der Waals surface area contributed by atoms with E-state index in [1.54, 1.807) is 12.1 Å². The minimum Gasteiger partial charge on any atom is -0.481 e. The zero-order chi connectivity index (χ0) is 27.4. The van der Waals surface area contributed by atoms with Gasteiger partial charge in [-0.3, -0.25) is 14.4 Å². The van der Waals surface area contributed by atoms with Crippen LogP contribution in [-0.2, 0) is 47.1 Å². The first kappa shape index (κ1) is 26.1. The smallest absolute Gasteiger partial charge is 0.345 e. The Morgan fingerprint density at radius 3 is 2.61 bits per heavy atom. The summed E-state index contributed by atoms with van der Waals surface area (Å²) in [5.41, 5.74) is 0.379. The third kappa shape index (κ3) is 3.86. The summed E-state index contributed by atoms with van der Waals surface area (Å²) in [6.45, 7) is 0.427. The third-order valence-corrected chi connectivity index (χ3v) is 8.30. The topological polar surface area (TPSA) is 180 Å². The number of hydrogen-bond acceptors (Lipinski definition) is 10. The molecular formula is C26H29NO11. The maximum atomic E-state index is 12.7. The zero-order valence-corrected chi connectivity index (χ0v) is 20.7. The molecule has 38 heavy (non-hydrogen) atoms. The highest BCUT2D eigenvalue weighted by molar-refractivity contribution is 5.84. The van der Waals surface area contributed by atoms with Crippen LogP contribution in [0.1, 0.15) is 48.8 Å². The molecule has 1 saturated heterocycles. The van der Waals surface area contributed by atoms with Crippen LogP contribution in [0.5, 0.6) is 5.75 Å². The van der Waals surface area contributed by atoms with Gasteiger partial charge in [0, 0.05) is 23.6 Å². The van der Waals surface area contributed by atoms with Crippen molar-refractivity contribution in [1.82, 2.24) is 4.90 Å². The van der Waals surface area contributed by atoms with Gasteiger partial charge in [-0.2, -0.15) is 0 Å². The molecule has 5 rings (SSSR count). The summed E-state index contributed by atoms with van der Waals surface area (Å²) in [6.07, 6.45) is -1.54. The molecule has 4 N–H and O–H groups in total. The van der Waals surface area contributed by atoms with Gasteiger partial charge in [0.25, 0.3) is 0 Å². The maximum absolute atomic E-state index is 12.7. The molecule has 12 nitrogen and oxygen atoms in total. The molecule has 4 aliphatic rings. The van der Waals surface area contributed by atoms with Gasteiger partial charge in [0.1, 0.15) is 11.5 Å². The molecule has 1 aromatic rings. The average molecular weight is 532 g/mol. The molecule has 5 atom stereocenters. The Hall–Kier alpha value is -3.48. The Kier molecular flexibility index (Phi) is 6.44. The van der Waals surface area contributed by atoms with Crippen molar-refractivity contribution >= 4 is 23.9 Å². The van der Waals surface area contributed by atoms with Crippen molar-refractivity contribution in [1.29, 1.82) is 0 Å². The third-order valence-electron chi connectivity index (χ3n) is 8.30. The predicted molar refractivity (Wildman–Crippen MR) is 126 cm³/mol. The van der Waals surface area contributed by atoms with Gasteiger partial charge in [0.05, 0.1) is 36.9 Å². The lowest BCUT2D eigenvalue weighted by Gasteiger charge is -2.61. The fourth-order valence-electron chi connectivity index (χ4n) is 6.57. The summed E-state index contributed by atoms with van der Waals surface area (Å²) in [7, 11) is 1.97. The number of likely N-dealkylation sites (tertiary alicyclic amines) is 1. The summed E-state index contributed by atoms with van der Waals surface area (Å²) in [5, 5.41) is 39.9. The number of esters is 2. The highest BCUT2D eigenvalue weighted by Gasteiger charge is 2.71. The molecule has 1 fully saturated rings. The van der Waals surface area contributed by atoms with Crippen LogP contribution in [0.2, 0.25) is 0 Å². The molecule has 0 saturated carbocycles. The Balaban J connectivity index is 1.35. The summed E-state index contributed by atoms with van der Waals surface area (Å²) in [6, 6.07) is 3.57. The molecule has 2 aliphatic heterocycles. The summed E-state index contributed by atoms with van der Waals surface area (Å²) in [4.78, 5) is 48.8. The lowest BCUT2D eigenvalue weighted by molar-refractivity contribution is -0.171. The highest BCUT2D eigenvalue weighted by atomic mass is 16.6. The second kappa shape index (κ2) is 9.37. The number of likely N-dealkylation sites (N-methyl/N-ethyl adjacent to an activating group) is 1. The van der Waals surface area contributed by atoms with E-state index in [2.05, 4.69) is 9.64 Å². The van der Waals surface area contributed by atoms with E-state index in [0.717, 1.165) is 11.1 Å². The molecule has 2 heterocycles. The van der Waals surface area contributed by atoms with Gasteiger partial charge in [0.15, 0.2) is 6.10 Å². The Morgan fingerprint density at radius 1 is 1.18 bits per heavy atom. The number of benzene rings is 1. The van der Waals surface area contributed by atoms with Crippen LogP contribution < -0.4 is 4.74 Å². The van der Waals surface area contributed by atoms with Gasteiger partial charge in [-0.25, -0.2) is 4.79 Å².